The number of nitrogens with zero attached hydrogens (tertiary/aromatic N) is 1. The molecule has 1 aliphatic rings. The molecule has 3 aromatic carbocycles. The van der Waals surface area contributed by atoms with Gasteiger partial charge in [0.15, 0.2) is 0 Å². The summed E-state index contributed by atoms with van der Waals surface area (Å²) in [4.78, 5) is 2.33. The second-order valence-electron chi connectivity index (χ2n) is 8.50. The van der Waals surface area contributed by atoms with Crippen LogP contribution in [-0.4, -0.2) is 58.6 Å². The Bertz CT molecular complexity index is 957. The van der Waals surface area contributed by atoms with Crippen LogP contribution in [0.15, 0.2) is 78.9 Å². The third-order valence-electron chi connectivity index (χ3n) is 6.65. The summed E-state index contributed by atoms with van der Waals surface area (Å²) < 4.78 is 23.5. The van der Waals surface area contributed by atoms with Crippen LogP contribution >= 0.6 is 0 Å². The monoisotopic (exact) mass is 447 g/mol. The van der Waals surface area contributed by atoms with Gasteiger partial charge in [-0.25, -0.2) is 0 Å². The van der Waals surface area contributed by atoms with Gasteiger partial charge in [0, 0.05) is 19.7 Å². The highest BCUT2D eigenvalue weighted by Gasteiger charge is 2.40. The van der Waals surface area contributed by atoms with Crippen LogP contribution in [0.1, 0.15) is 23.1 Å². The van der Waals surface area contributed by atoms with Gasteiger partial charge in [-0.15, -0.1) is 0 Å². The summed E-state index contributed by atoms with van der Waals surface area (Å²) in [5.74, 6) is 1.63. The number of hydrogen-bond acceptors (Lipinski definition) is 5. The van der Waals surface area contributed by atoms with Crippen molar-refractivity contribution in [3.63, 3.8) is 0 Å². The molecule has 0 amide bonds. The van der Waals surface area contributed by atoms with Crippen LogP contribution in [0.25, 0.3) is 0 Å². The lowest BCUT2D eigenvalue weighted by atomic mass is 9.80. The van der Waals surface area contributed by atoms with E-state index in [0.717, 1.165) is 41.2 Å². The quantitative estimate of drug-likeness (QED) is 0.444. The van der Waals surface area contributed by atoms with Crippen molar-refractivity contribution >= 4 is 0 Å². The van der Waals surface area contributed by atoms with Crippen molar-refractivity contribution < 1.29 is 18.9 Å². The van der Waals surface area contributed by atoms with E-state index in [1.54, 1.807) is 21.3 Å². The van der Waals surface area contributed by atoms with Gasteiger partial charge in [0.1, 0.15) is 17.1 Å². The molecular formula is C28H33NO4. The molecule has 5 nitrogen and oxygen atoms in total. The molecule has 5 heteroatoms. The third kappa shape index (κ3) is 4.76. The van der Waals surface area contributed by atoms with Gasteiger partial charge in [-0.2, -0.15) is 0 Å². The Morgan fingerprint density at radius 1 is 0.758 bits per heavy atom. The molecule has 0 radical (unpaired) electrons. The van der Waals surface area contributed by atoms with Crippen molar-refractivity contribution in [2.45, 2.75) is 24.2 Å². The molecule has 1 saturated heterocycles. The molecule has 174 valence electrons. The number of methoxy groups -OCH3 is 3. The molecule has 1 heterocycles. The number of benzene rings is 3. The zero-order valence-corrected chi connectivity index (χ0v) is 19.9. The maximum atomic E-state index is 7.00. The van der Waals surface area contributed by atoms with E-state index >= 15 is 0 Å². The van der Waals surface area contributed by atoms with E-state index in [2.05, 4.69) is 60.5 Å². The fraction of sp³-hybridized carbons (Fsp3) is 0.357. The lowest BCUT2D eigenvalue weighted by Crippen LogP contribution is -2.38. The molecule has 0 bridgehead atoms. The maximum absolute atomic E-state index is 7.00. The van der Waals surface area contributed by atoms with Crippen LogP contribution in [0, 0.1) is 0 Å². The maximum Gasteiger partial charge on any atom is 0.143 e. The van der Waals surface area contributed by atoms with Crippen LogP contribution in [0.5, 0.6) is 11.5 Å². The average Bonchev–Trinajstić information content (AvgIpc) is 3.25. The summed E-state index contributed by atoms with van der Waals surface area (Å²) in [6.07, 6.45) is 1.18. The van der Waals surface area contributed by atoms with Crippen LogP contribution < -0.4 is 9.47 Å². The smallest absolute Gasteiger partial charge is 0.143 e. The lowest BCUT2D eigenvalue weighted by Gasteiger charge is -2.37. The molecule has 2 atom stereocenters. The summed E-state index contributed by atoms with van der Waals surface area (Å²) in [5, 5.41) is 0. The van der Waals surface area contributed by atoms with E-state index in [0.29, 0.717) is 6.61 Å². The first-order valence-electron chi connectivity index (χ1n) is 11.3. The Labute approximate surface area is 196 Å². The van der Waals surface area contributed by atoms with E-state index in [9.17, 15) is 0 Å². The van der Waals surface area contributed by atoms with E-state index in [4.69, 9.17) is 18.9 Å². The van der Waals surface area contributed by atoms with Gasteiger partial charge in [-0.05, 0) is 54.4 Å². The number of rotatable bonds is 9. The normalized spacial score (nSPS) is 18.9. The highest BCUT2D eigenvalue weighted by atomic mass is 16.5. The minimum Gasteiger partial charge on any atom is -0.497 e. The number of likely N-dealkylation sites (N-methyl/N-ethyl adjacent to an activating group) is 1. The Morgan fingerprint density at radius 2 is 1.27 bits per heavy atom. The molecule has 0 spiro atoms. The molecule has 1 aliphatic heterocycles. The zero-order valence-electron chi connectivity index (χ0n) is 19.9. The fourth-order valence-electron chi connectivity index (χ4n) is 4.69. The van der Waals surface area contributed by atoms with Gasteiger partial charge >= 0.3 is 0 Å². The Balaban J connectivity index is 1.81. The molecule has 0 N–H and O–H groups in total. The predicted octanol–water partition coefficient (Wildman–Crippen LogP) is 4.73. The van der Waals surface area contributed by atoms with Crippen LogP contribution in [0.3, 0.4) is 0 Å². The Hall–Kier alpha value is -2.86. The van der Waals surface area contributed by atoms with Gasteiger partial charge in [0.25, 0.3) is 0 Å². The van der Waals surface area contributed by atoms with Crippen molar-refractivity contribution in [2.75, 3.05) is 41.5 Å². The minimum absolute atomic E-state index is 0.233. The third-order valence-corrected chi connectivity index (χ3v) is 6.65. The number of hydrogen-bond donors (Lipinski definition) is 0. The van der Waals surface area contributed by atoms with E-state index < -0.39 is 5.60 Å². The van der Waals surface area contributed by atoms with Crippen LogP contribution in [-0.2, 0) is 15.1 Å². The first-order chi connectivity index (χ1) is 16.1. The van der Waals surface area contributed by atoms with Crippen molar-refractivity contribution in [3.05, 3.63) is 95.6 Å². The summed E-state index contributed by atoms with van der Waals surface area (Å²) in [5.41, 5.74) is 2.38. The largest absolute Gasteiger partial charge is 0.497 e. The molecule has 4 rings (SSSR count). The highest BCUT2D eigenvalue weighted by molar-refractivity contribution is 5.49. The van der Waals surface area contributed by atoms with Gasteiger partial charge in [0.05, 0.1) is 26.9 Å². The second kappa shape index (κ2) is 10.4. The van der Waals surface area contributed by atoms with Gasteiger partial charge in [-0.1, -0.05) is 54.6 Å². The van der Waals surface area contributed by atoms with Gasteiger partial charge < -0.3 is 18.9 Å². The summed E-state index contributed by atoms with van der Waals surface area (Å²) in [7, 11) is 7.28. The summed E-state index contributed by atoms with van der Waals surface area (Å²) in [6, 6.07) is 27.0. The van der Waals surface area contributed by atoms with E-state index in [1.807, 2.05) is 30.3 Å². The molecular weight excluding hydrogens is 414 g/mol. The van der Waals surface area contributed by atoms with E-state index in [1.165, 1.54) is 0 Å². The van der Waals surface area contributed by atoms with Gasteiger partial charge in [-0.3, -0.25) is 4.90 Å². The second-order valence-corrected chi connectivity index (χ2v) is 8.50. The molecule has 1 fully saturated rings. The standard InChI is InChI=1S/C28H33NO4/c1-29-19-27(32-4)18-24(29)20-33-28(21-8-6-5-7-9-21,22-10-14-25(30-2)15-11-22)23-12-16-26(31-3)17-13-23/h5-17,24,27H,18-20H2,1-4H3. The van der Waals surface area contributed by atoms with Crippen molar-refractivity contribution in [2.24, 2.45) is 0 Å². The summed E-state index contributed by atoms with van der Waals surface area (Å²) in [6.45, 7) is 1.48. The molecule has 0 aromatic heterocycles. The van der Waals surface area contributed by atoms with Gasteiger partial charge in [0.2, 0.25) is 0 Å². The molecule has 3 aromatic rings. The minimum atomic E-state index is -0.786. The molecule has 33 heavy (non-hydrogen) atoms. The van der Waals surface area contributed by atoms with Crippen molar-refractivity contribution in [1.29, 1.82) is 0 Å². The number of likely N-dealkylation sites (tertiary alicyclic amines) is 1. The predicted molar refractivity (Wildman–Crippen MR) is 130 cm³/mol. The lowest BCUT2D eigenvalue weighted by molar-refractivity contribution is -0.0125. The highest BCUT2D eigenvalue weighted by Crippen LogP contribution is 2.42. The fourth-order valence-corrected chi connectivity index (χ4v) is 4.69. The summed E-state index contributed by atoms with van der Waals surface area (Å²) >= 11 is 0. The topological polar surface area (TPSA) is 40.2 Å². The molecule has 0 saturated carbocycles. The van der Waals surface area contributed by atoms with E-state index in [-0.39, 0.29) is 12.1 Å². The molecule has 2 unspecified atom stereocenters. The Kier molecular flexibility index (Phi) is 7.33. The van der Waals surface area contributed by atoms with Crippen molar-refractivity contribution in [3.8, 4) is 11.5 Å². The molecule has 0 aliphatic carbocycles. The first-order valence-corrected chi connectivity index (χ1v) is 11.3. The van der Waals surface area contributed by atoms with Crippen LogP contribution in [0.4, 0.5) is 0 Å². The SMILES string of the molecule is COc1ccc(C(OCC2CC(OC)CN2C)(c2ccccc2)c2ccc(OC)cc2)cc1. The number of ether oxygens (including phenoxy) is 4. The Morgan fingerprint density at radius 3 is 1.73 bits per heavy atom. The first kappa shape index (κ1) is 23.3. The zero-order chi connectivity index (χ0) is 23.3. The average molecular weight is 448 g/mol. The van der Waals surface area contributed by atoms with Crippen molar-refractivity contribution in [1.82, 2.24) is 4.90 Å². The van der Waals surface area contributed by atoms with Crippen LogP contribution in [0.2, 0.25) is 0 Å².